The van der Waals surface area contributed by atoms with Crippen molar-refractivity contribution in [3.63, 3.8) is 0 Å². The third-order valence-electron chi connectivity index (χ3n) is 2.59. The molecule has 6 N–H and O–H groups in total. The number of aromatic amines is 2. The highest BCUT2D eigenvalue weighted by Gasteiger charge is 2.10. The van der Waals surface area contributed by atoms with Crippen LogP contribution >= 0.6 is 0 Å². The number of carboxylic acid groups (broad SMARTS) is 1. The molecule has 18 heavy (non-hydrogen) atoms. The molecule has 0 saturated heterocycles. The number of H-pyrrole nitrogens is 2. The summed E-state index contributed by atoms with van der Waals surface area (Å²) in [5.41, 5.74) is 7.52. The second-order valence-corrected chi connectivity index (χ2v) is 4.03. The molecule has 2 aromatic rings. The summed E-state index contributed by atoms with van der Waals surface area (Å²) in [4.78, 5) is 26.9. The zero-order chi connectivity index (χ0) is 13.1. The number of aromatic nitrogens is 2. The third-order valence-corrected chi connectivity index (χ3v) is 2.59. The quantitative estimate of drug-likeness (QED) is 0.482. The molecule has 0 aliphatic heterocycles. The molecule has 2 rings (SSSR count). The van der Waals surface area contributed by atoms with Crippen molar-refractivity contribution in [2.45, 2.75) is 12.6 Å². The summed E-state index contributed by atoms with van der Waals surface area (Å²) < 4.78 is 0. The Morgan fingerprint density at radius 2 is 2.11 bits per heavy atom. The molecule has 0 aliphatic carbocycles. The number of hydrogen-bond donors (Lipinski definition) is 5. The van der Waals surface area contributed by atoms with Gasteiger partial charge in [0.2, 0.25) is 0 Å². The highest BCUT2D eigenvalue weighted by Crippen LogP contribution is 2.09. The Bertz CT molecular complexity index is 616. The first-order valence-corrected chi connectivity index (χ1v) is 5.46. The van der Waals surface area contributed by atoms with Crippen LogP contribution in [-0.4, -0.2) is 33.6 Å². The molecule has 96 valence electrons. The maximum absolute atomic E-state index is 11.1. The average molecular weight is 250 g/mol. The van der Waals surface area contributed by atoms with Gasteiger partial charge >= 0.3 is 11.7 Å². The number of benzene rings is 1. The molecule has 1 aromatic carbocycles. The van der Waals surface area contributed by atoms with Crippen molar-refractivity contribution in [2.24, 2.45) is 5.73 Å². The van der Waals surface area contributed by atoms with Crippen LogP contribution in [0.25, 0.3) is 11.0 Å². The van der Waals surface area contributed by atoms with Crippen LogP contribution in [0.5, 0.6) is 0 Å². The zero-order valence-electron chi connectivity index (χ0n) is 9.56. The number of aliphatic carboxylic acids is 1. The molecule has 0 amide bonds. The van der Waals surface area contributed by atoms with Crippen LogP contribution in [0.1, 0.15) is 5.56 Å². The van der Waals surface area contributed by atoms with Gasteiger partial charge in [0.25, 0.3) is 0 Å². The second kappa shape index (κ2) is 5.03. The summed E-state index contributed by atoms with van der Waals surface area (Å²) >= 11 is 0. The Hall–Kier alpha value is -2.12. The Kier molecular flexibility index (Phi) is 3.45. The average Bonchev–Trinajstić information content (AvgIpc) is 2.68. The van der Waals surface area contributed by atoms with Crippen molar-refractivity contribution in [1.82, 2.24) is 15.3 Å². The van der Waals surface area contributed by atoms with E-state index in [1.165, 1.54) is 0 Å². The predicted molar refractivity (Wildman–Crippen MR) is 66.2 cm³/mol. The summed E-state index contributed by atoms with van der Waals surface area (Å²) in [5.74, 6) is -1.03. The number of carboxylic acids is 1. The second-order valence-electron chi connectivity index (χ2n) is 4.03. The molecular formula is C11H14N4O3. The van der Waals surface area contributed by atoms with Crippen molar-refractivity contribution < 1.29 is 9.90 Å². The van der Waals surface area contributed by atoms with Gasteiger partial charge in [0, 0.05) is 13.1 Å². The van der Waals surface area contributed by atoms with Crippen LogP contribution in [0.15, 0.2) is 23.0 Å². The molecule has 7 heteroatoms. The summed E-state index contributed by atoms with van der Waals surface area (Å²) in [7, 11) is 0. The largest absolute Gasteiger partial charge is 0.480 e. The fourth-order valence-corrected chi connectivity index (χ4v) is 1.65. The SMILES string of the molecule is NC(CNCc1ccc2[nH]c(=O)[nH]c2c1)C(=O)O. The number of rotatable bonds is 5. The number of carbonyl (C=O) groups is 1. The van der Waals surface area contributed by atoms with Crippen LogP contribution in [0.2, 0.25) is 0 Å². The fourth-order valence-electron chi connectivity index (χ4n) is 1.65. The van der Waals surface area contributed by atoms with E-state index in [2.05, 4.69) is 15.3 Å². The summed E-state index contributed by atoms with van der Waals surface area (Å²) in [6.45, 7) is 0.682. The van der Waals surface area contributed by atoms with Gasteiger partial charge in [-0.05, 0) is 17.7 Å². The van der Waals surface area contributed by atoms with E-state index in [0.717, 1.165) is 16.6 Å². The fraction of sp³-hybridized carbons (Fsp3) is 0.273. The summed E-state index contributed by atoms with van der Waals surface area (Å²) in [6, 6.07) is 4.56. The molecule has 1 unspecified atom stereocenters. The van der Waals surface area contributed by atoms with Crippen LogP contribution in [0, 0.1) is 0 Å². The van der Waals surface area contributed by atoms with Crippen molar-refractivity contribution in [1.29, 1.82) is 0 Å². The van der Waals surface area contributed by atoms with Gasteiger partial charge in [-0.25, -0.2) is 4.79 Å². The molecule has 0 spiro atoms. The molecular weight excluding hydrogens is 236 g/mol. The van der Waals surface area contributed by atoms with Gasteiger partial charge in [0.1, 0.15) is 6.04 Å². The predicted octanol–water partition coefficient (Wildman–Crippen LogP) is -0.642. The van der Waals surface area contributed by atoms with Gasteiger partial charge in [-0.2, -0.15) is 0 Å². The monoisotopic (exact) mass is 250 g/mol. The van der Waals surface area contributed by atoms with Crippen LogP contribution in [0.4, 0.5) is 0 Å². The van der Waals surface area contributed by atoms with Gasteiger partial charge in [-0.3, -0.25) is 4.79 Å². The lowest BCUT2D eigenvalue weighted by Crippen LogP contribution is -2.40. The van der Waals surface area contributed by atoms with Gasteiger partial charge in [-0.1, -0.05) is 6.07 Å². The van der Waals surface area contributed by atoms with E-state index in [-0.39, 0.29) is 12.2 Å². The lowest BCUT2D eigenvalue weighted by atomic mass is 10.2. The first kappa shape index (κ1) is 12.3. The van der Waals surface area contributed by atoms with Gasteiger partial charge in [0.05, 0.1) is 11.0 Å². The summed E-state index contributed by atoms with van der Waals surface area (Å²) in [5, 5.41) is 11.6. The van der Waals surface area contributed by atoms with Crippen LogP contribution in [-0.2, 0) is 11.3 Å². The molecule has 0 bridgehead atoms. The maximum Gasteiger partial charge on any atom is 0.323 e. The standard InChI is InChI=1S/C11H14N4O3/c12-7(10(16)17)5-13-4-6-1-2-8-9(3-6)15-11(18)14-8/h1-3,7,13H,4-5,12H2,(H,16,17)(H2,14,15,18). The van der Waals surface area contributed by atoms with Crippen molar-refractivity contribution in [3.8, 4) is 0 Å². The van der Waals surface area contributed by atoms with Crippen molar-refractivity contribution >= 4 is 17.0 Å². The minimum Gasteiger partial charge on any atom is -0.480 e. The highest BCUT2D eigenvalue weighted by molar-refractivity contribution is 5.75. The van der Waals surface area contributed by atoms with E-state index in [9.17, 15) is 9.59 Å². The topological polar surface area (TPSA) is 124 Å². The first-order valence-electron chi connectivity index (χ1n) is 5.46. The Morgan fingerprint density at radius 3 is 2.83 bits per heavy atom. The van der Waals surface area contributed by atoms with Gasteiger partial charge in [-0.15, -0.1) is 0 Å². The van der Waals surface area contributed by atoms with Crippen molar-refractivity contribution in [2.75, 3.05) is 6.54 Å². The smallest absolute Gasteiger partial charge is 0.323 e. The van der Waals surface area contributed by atoms with Gasteiger partial charge in [0.15, 0.2) is 0 Å². The van der Waals surface area contributed by atoms with E-state index in [4.69, 9.17) is 10.8 Å². The zero-order valence-corrected chi connectivity index (χ0v) is 9.56. The normalized spacial score (nSPS) is 12.7. The highest BCUT2D eigenvalue weighted by atomic mass is 16.4. The number of fused-ring (bicyclic) bond motifs is 1. The van der Waals surface area contributed by atoms with E-state index in [0.29, 0.717) is 6.54 Å². The van der Waals surface area contributed by atoms with E-state index in [1.807, 2.05) is 12.1 Å². The lowest BCUT2D eigenvalue weighted by molar-refractivity contribution is -0.138. The number of hydrogen-bond acceptors (Lipinski definition) is 4. The lowest BCUT2D eigenvalue weighted by Gasteiger charge is -2.08. The molecule has 1 aromatic heterocycles. The molecule has 0 fully saturated rings. The molecule has 0 radical (unpaired) electrons. The Labute approximate surface area is 102 Å². The summed E-state index contributed by atoms with van der Waals surface area (Å²) in [6.07, 6.45) is 0. The van der Waals surface area contributed by atoms with Crippen molar-refractivity contribution in [3.05, 3.63) is 34.2 Å². The molecule has 1 atom stereocenters. The Morgan fingerprint density at radius 1 is 1.39 bits per heavy atom. The minimum absolute atomic E-state index is 0.191. The number of nitrogens with one attached hydrogen (secondary N) is 3. The minimum atomic E-state index is -1.03. The maximum atomic E-state index is 11.1. The van der Waals surface area contributed by atoms with Crippen LogP contribution < -0.4 is 16.7 Å². The molecule has 0 saturated carbocycles. The van der Waals surface area contributed by atoms with E-state index < -0.39 is 12.0 Å². The van der Waals surface area contributed by atoms with E-state index in [1.54, 1.807) is 6.07 Å². The first-order chi connectivity index (χ1) is 8.56. The molecule has 0 aliphatic rings. The molecule has 7 nitrogen and oxygen atoms in total. The van der Waals surface area contributed by atoms with Gasteiger partial charge < -0.3 is 26.1 Å². The van der Waals surface area contributed by atoms with Crippen LogP contribution in [0.3, 0.4) is 0 Å². The third kappa shape index (κ3) is 2.76. The van der Waals surface area contributed by atoms with E-state index >= 15 is 0 Å². The Balaban J connectivity index is 1.99. The molecule has 1 heterocycles. The number of imidazole rings is 1. The number of nitrogens with two attached hydrogens (primary N) is 1.